The van der Waals surface area contributed by atoms with Gasteiger partial charge in [0.15, 0.2) is 5.78 Å². The highest BCUT2D eigenvalue weighted by Gasteiger charge is 2.19. The van der Waals surface area contributed by atoms with Crippen LogP contribution in [-0.2, 0) is 0 Å². The van der Waals surface area contributed by atoms with Crippen LogP contribution in [0.4, 0.5) is 4.39 Å². The van der Waals surface area contributed by atoms with Crippen LogP contribution in [0.3, 0.4) is 0 Å². The number of rotatable bonds is 5. The van der Waals surface area contributed by atoms with E-state index in [0.717, 1.165) is 11.3 Å². The van der Waals surface area contributed by atoms with Crippen LogP contribution in [0.1, 0.15) is 34.0 Å². The lowest BCUT2D eigenvalue weighted by molar-refractivity contribution is 0.0977. The fourth-order valence-electron chi connectivity index (χ4n) is 2.59. The van der Waals surface area contributed by atoms with E-state index >= 15 is 0 Å². The van der Waals surface area contributed by atoms with Crippen molar-refractivity contribution in [1.82, 2.24) is 4.98 Å². The van der Waals surface area contributed by atoms with Crippen molar-refractivity contribution < 1.29 is 9.18 Å². The highest BCUT2D eigenvalue weighted by molar-refractivity contribution is 5.96. The van der Waals surface area contributed by atoms with Crippen LogP contribution >= 0.6 is 0 Å². The Morgan fingerprint density at radius 3 is 2.32 bits per heavy atom. The molecular formula is C19H16FNO. The van der Waals surface area contributed by atoms with Crippen molar-refractivity contribution in [3.05, 3.63) is 95.6 Å². The molecule has 0 radical (unpaired) electrons. The van der Waals surface area contributed by atoms with E-state index in [0.29, 0.717) is 12.0 Å². The van der Waals surface area contributed by atoms with E-state index in [9.17, 15) is 9.18 Å². The third-order valence-electron chi connectivity index (χ3n) is 3.76. The van der Waals surface area contributed by atoms with Gasteiger partial charge in [-0.3, -0.25) is 4.79 Å². The molecule has 1 aromatic heterocycles. The van der Waals surface area contributed by atoms with Crippen molar-refractivity contribution in [3.63, 3.8) is 0 Å². The van der Waals surface area contributed by atoms with Gasteiger partial charge in [0, 0.05) is 29.8 Å². The molecule has 0 saturated carbocycles. The minimum Gasteiger partial charge on any atom is -0.364 e. The van der Waals surface area contributed by atoms with E-state index in [1.54, 1.807) is 0 Å². The first kappa shape index (κ1) is 14.3. The van der Waals surface area contributed by atoms with E-state index in [-0.39, 0.29) is 17.5 Å². The molecule has 0 aliphatic rings. The number of hydrogen-bond acceptors (Lipinski definition) is 1. The van der Waals surface area contributed by atoms with Crippen LogP contribution in [-0.4, -0.2) is 10.8 Å². The van der Waals surface area contributed by atoms with Crippen molar-refractivity contribution >= 4 is 5.78 Å². The summed E-state index contributed by atoms with van der Waals surface area (Å²) in [5.41, 5.74) is 2.62. The molecule has 0 unspecified atom stereocenters. The van der Waals surface area contributed by atoms with Crippen molar-refractivity contribution in [2.45, 2.75) is 12.3 Å². The average Bonchev–Trinajstić information content (AvgIpc) is 3.08. The number of benzene rings is 2. The van der Waals surface area contributed by atoms with E-state index in [1.165, 1.54) is 24.3 Å². The maximum absolute atomic E-state index is 13.0. The molecule has 0 saturated heterocycles. The smallest absolute Gasteiger partial charge is 0.163 e. The minimum absolute atomic E-state index is 0.00320. The van der Waals surface area contributed by atoms with Crippen molar-refractivity contribution in [2.24, 2.45) is 0 Å². The van der Waals surface area contributed by atoms with Crippen molar-refractivity contribution in [2.75, 3.05) is 0 Å². The number of ketones is 1. The fraction of sp³-hybridized carbons (Fsp3) is 0.105. The zero-order valence-corrected chi connectivity index (χ0v) is 12.0. The van der Waals surface area contributed by atoms with Gasteiger partial charge in [0.1, 0.15) is 5.82 Å². The molecule has 22 heavy (non-hydrogen) atoms. The fourth-order valence-corrected chi connectivity index (χ4v) is 2.59. The summed E-state index contributed by atoms with van der Waals surface area (Å²) in [5, 5.41) is 0. The lowest BCUT2D eigenvalue weighted by atomic mass is 9.89. The molecule has 1 atom stereocenters. The lowest BCUT2D eigenvalue weighted by Gasteiger charge is -2.15. The van der Waals surface area contributed by atoms with Crippen LogP contribution in [0.15, 0.2) is 72.9 Å². The van der Waals surface area contributed by atoms with Gasteiger partial charge in [-0.15, -0.1) is 0 Å². The Morgan fingerprint density at radius 1 is 0.955 bits per heavy atom. The first-order chi connectivity index (χ1) is 10.7. The molecule has 0 spiro atoms. The molecule has 2 aromatic carbocycles. The second-order valence-corrected chi connectivity index (χ2v) is 5.22. The molecule has 0 amide bonds. The SMILES string of the molecule is O=C(C[C@@H](c1ccccc1)c1ccc[nH]1)c1ccc(F)cc1. The first-order valence-corrected chi connectivity index (χ1v) is 7.21. The molecule has 0 bridgehead atoms. The Balaban J connectivity index is 1.87. The molecular weight excluding hydrogens is 277 g/mol. The van der Waals surface area contributed by atoms with Gasteiger partial charge < -0.3 is 4.98 Å². The predicted molar refractivity (Wildman–Crippen MR) is 84.4 cm³/mol. The third kappa shape index (κ3) is 3.14. The van der Waals surface area contributed by atoms with Gasteiger partial charge in [-0.1, -0.05) is 30.3 Å². The van der Waals surface area contributed by atoms with E-state index in [2.05, 4.69) is 4.98 Å². The van der Waals surface area contributed by atoms with Crippen LogP contribution in [0.2, 0.25) is 0 Å². The monoisotopic (exact) mass is 293 g/mol. The number of H-pyrrole nitrogens is 1. The molecule has 110 valence electrons. The van der Waals surface area contributed by atoms with Crippen molar-refractivity contribution in [3.8, 4) is 0 Å². The Morgan fingerprint density at radius 2 is 1.68 bits per heavy atom. The number of carbonyl (C=O) groups is 1. The van der Waals surface area contributed by atoms with E-state index in [4.69, 9.17) is 0 Å². The summed E-state index contributed by atoms with van der Waals surface area (Å²) in [6.45, 7) is 0. The predicted octanol–water partition coefficient (Wildman–Crippen LogP) is 4.56. The highest BCUT2D eigenvalue weighted by Crippen LogP contribution is 2.28. The van der Waals surface area contributed by atoms with Gasteiger partial charge >= 0.3 is 0 Å². The van der Waals surface area contributed by atoms with Crippen molar-refractivity contribution in [1.29, 1.82) is 0 Å². The van der Waals surface area contributed by atoms with Crippen LogP contribution in [0, 0.1) is 5.82 Å². The summed E-state index contributed by atoms with van der Waals surface area (Å²) >= 11 is 0. The summed E-state index contributed by atoms with van der Waals surface area (Å²) in [5.74, 6) is -0.363. The number of Topliss-reactive ketones (excluding diaryl/α,β-unsaturated/α-hetero) is 1. The second-order valence-electron chi connectivity index (χ2n) is 5.22. The second kappa shape index (κ2) is 6.39. The summed E-state index contributed by atoms with van der Waals surface area (Å²) in [7, 11) is 0. The summed E-state index contributed by atoms with van der Waals surface area (Å²) in [4.78, 5) is 15.7. The summed E-state index contributed by atoms with van der Waals surface area (Å²) in [6, 6.07) is 19.5. The Kier molecular flexibility index (Phi) is 4.15. The third-order valence-corrected chi connectivity index (χ3v) is 3.76. The van der Waals surface area contributed by atoms with Gasteiger partial charge in [0.2, 0.25) is 0 Å². The normalized spacial score (nSPS) is 12.0. The number of hydrogen-bond donors (Lipinski definition) is 1. The zero-order valence-electron chi connectivity index (χ0n) is 12.0. The summed E-state index contributed by atoms with van der Waals surface area (Å²) in [6.07, 6.45) is 2.20. The molecule has 1 heterocycles. The van der Waals surface area contributed by atoms with Crippen LogP contribution in [0.25, 0.3) is 0 Å². The minimum atomic E-state index is -0.333. The quantitative estimate of drug-likeness (QED) is 0.687. The number of halogens is 1. The molecule has 3 aromatic rings. The highest BCUT2D eigenvalue weighted by atomic mass is 19.1. The molecule has 1 N–H and O–H groups in total. The number of aromatic nitrogens is 1. The van der Waals surface area contributed by atoms with Gasteiger partial charge in [0.25, 0.3) is 0 Å². The van der Waals surface area contributed by atoms with Gasteiger partial charge in [-0.05, 0) is 42.0 Å². The van der Waals surface area contributed by atoms with Gasteiger partial charge in [0.05, 0.1) is 0 Å². The Bertz CT molecular complexity index is 733. The largest absolute Gasteiger partial charge is 0.364 e. The Labute approximate surface area is 128 Å². The van der Waals surface area contributed by atoms with E-state index < -0.39 is 0 Å². The molecule has 3 heteroatoms. The molecule has 0 fully saturated rings. The molecule has 3 rings (SSSR count). The zero-order chi connectivity index (χ0) is 15.4. The van der Waals surface area contributed by atoms with Gasteiger partial charge in [-0.25, -0.2) is 4.39 Å². The maximum atomic E-state index is 13.0. The number of carbonyl (C=O) groups excluding carboxylic acids is 1. The van der Waals surface area contributed by atoms with Crippen LogP contribution < -0.4 is 0 Å². The molecule has 0 aliphatic carbocycles. The lowest BCUT2D eigenvalue weighted by Crippen LogP contribution is -2.09. The van der Waals surface area contributed by atoms with Crippen LogP contribution in [0.5, 0.6) is 0 Å². The van der Waals surface area contributed by atoms with Gasteiger partial charge in [-0.2, -0.15) is 0 Å². The first-order valence-electron chi connectivity index (χ1n) is 7.21. The summed E-state index contributed by atoms with van der Waals surface area (Å²) < 4.78 is 13.0. The number of nitrogens with one attached hydrogen (secondary N) is 1. The Hall–Kier alpha value is -2.68. The molecule has 2 nitrogen and oxygen atoms in total. The number of aromatic amines is 1. The maximum Gasteiger partial charge on any atom is 0.163 e. The van der Waals surface area contributed by atoms with E-state index in [1.807, 2.05) is 48.7 Å². The molecule has 0 aliphatic heterocycles. The topological polar surface area (TPSA) is 32.9 Å². The average molecular weight is 293 g/mol. The standard InChI is InChI=1S/C19H16FNO/c20-16-10-8-15(9-11-16)19(22)13-17(18-7-4-12-21-18)14-5-2-1-3-6-14/h1-12,17,21H,13H2/t17-/m0/s1.